The van der Waals surface area contributed by atoms with Gasteiger partial charge in [0.15, 0.2) is 17.2 Å². The van der Waals surface area contributed by atoms with E-state index in [1.807, 2.05) is 32.2 Å². The maximum absolute atomic E-state index is 15.4. The van der Waals surface area contributed by atoms with E-state index in [0.29, 0.717) is 40.7 Å². The van der Waals surface area contributed by atoms with Gasteiger partial charge in [-0.05, 0) is 70.0 Å². The number of aromatic nitrogens is 4. The van der Waals surface area contributed by atoms with E-state index in [4.69, 9.17) is 14.2 Å². The predicted molar refractivity (Wildman–Crippen MR) is 138 cm³/mol. The maximum Gasteiger partial charge on any atom is 0.416 e. The van der Waals surface area contributed by atoms with Gasteiger partial charge in [0.1, 0.15) is 23.5 Å². The summed E-state index contributed by atoms with van der Waals surface area (Å²) in [6.07, 6.45) is 2.69. The number of halogens is 1. The lowest BCUT2D eigenvalue weighted by molar-refractivity contribution is 0.0574. The third-order valence-electron chi connectivity index (χ3n) is 6.78. The number of hydrogen-bond acceptors (Lipinski definition) is 7. The van der Waals surface area contributed by atoms with Gasteiger partial charge in [0, 0.05) is 28.6 Å². The van der Waals surface area contributed by atoms with Crippen LogP contribution in [0.15, 0.2) is 36.8 Å². The van der Waals surface area contributed by atoms with Gasteiger partial charge < -0.3 is 14.2 Å². The second-order valence-electron chi connectivity index (χ2n) is 10.7. The zero-order valence-electron chi connectivity index (χ0n) is 21.9. The number of carbonyl (C=O) groups excluding carboxylic acids is 1. The molecule has 0 N–H and O–H groups in total. The average molecular weight is 518 g/mol. The third kappa shape index (κ3) is 4.00. The highest BCUT2D eigenvalue weighted by Crippen LogP contribution is 2.44. The van der Waals surface area contributed by atoms with E-state index >= 15 is 4.39 Å². The Balaban J connectivity index is 1.61. The molecule has 1 amide bonds. The van der Waals surface area contributed by atoms with Crippen molar-refractivity contribution in [1.82, 2.24) is 19.6 Å². The number of anilines is 1. The van der Waals surface area contributed by atoms with Crippen LogP contribution in [0.25, 0.3) is 16.8 Å². The molecule has 6 rings (SSSR count). The molecular weight excluding hydrogens is 489 g/mol. The molecule has 196 valence electrons. The zero-order valence-corrected chi connectivity index (χ0v) is 21.9. The van der Waals surface area contributed by atoms with Gasteiger partial charge in [0.2, 0.25) is 0 Å². The SMILES string of the molecule is Cc1cc(-c2cc3c(n4cnnc24)N(C(=O)OC(C)(C)C)Cc2c(F)ccc4c2[C@H](CO4)CO3)c(C)cn1. The van der Waals surface area contributed by atoms with Crippen LogP contribution in [0.1, 0.15) is 49.1 Å². The topological polar surface area (TPSA) is 91.1 Å². The molecular formula is C28H28FN5O4. The van der Waals surface area contributed by atoms with E-state index in [-0.39, 0.29) is 19.1 Å². The lowest BCUT2D eigenvalue weighted by Gasteiger charge is -2.29. The molecule has 2 aliphatic heterocycles. The molecule has 9 nitrogen and oxygen atoms in total. The van der Waals surface area contributed by atoms with Crippen LogP contribution < -0.4 is 14.4 Å². The number of amides is 1. The fraction of sp³-hybridized carbons (Fsp3) is 0.357. The van der Waals surface area contributed by atoms with Crippen LogP contribution in [0, 0.1) is 19.7 Å². The lowest BCUT2D eigenvalue weighted by atomic mass is 9.95. The molecule has 2 aliphatic rings. The van der Waals surface area contributed by atoms with Crippen molar-refractivity contribution in [3.8, 4) is 22.6 Å². The first-order chi connectivity index (χ1) is 18.1. The third-order valence-corrected chi connectivity index (χ3v) is 6.78. The van der Waals surface area contributed by atoms with Crippen molar-refractivity contribution in [2.24, 2.45) is 0 Å². The molecule has 0 fully saturated rings. The molecule has 0 radical (unpaired) electrons. The maximum atomic E-state index is 15.4. The van der Waals surface area contributed by atoms with E-state index < -0.39 is 17.5 Å². The van der Waals surface area contributed by atoms with E-state index in [0.717, 1.165) is 22.4 Å². The summed E-state index contributed by atoms with van der Waals surface area (Å²) in [6, 6.07) is 6.84. The Morgan fingerprint density at radius 2 is 1.87 bits per heavy atom. The van der Waals surface area contributed by atoms with Crippen molar-refractivity contribution in [3.63, 3.8) is 0 Å². The number of aryl methyl sites for hydroxylation is 2. The fourth-order valence-electron chi connectivity index (χ4n) is 5.09. The first-order valence-electron chi connectivity index (χ1n) is 12.5. The number of benzene rings is 1. The van der Waals surface area contributed by atoms with Crippen LogP contribution in [0.4, 0.5) is 15.0 Å². The first kappa shape index (κ1) is 24.1. The predicted octanol–water partition coefficient (Wildman–Crippen LogP) is 5.36. The van der Waals surface area contributed by atoms with Crippen molar-refractivity contribution in [3.05, 3.63) is 65.0 Å². The first-order valence-corrected chi connectivity index (χ1v) is 12.5. The number of pyridine rings is 2. The normalized spacial score (nSPS) is 16.6. The summed E-state index contributed by atoms with van der Waals surface area (Å²) in [6.45, 7) is 9.77. The molecule has 0 saturated heterocycles. The van der Waals surface area contributed by atoms with Crippen LogP contribution in [0.5, 0.6) is 11.5 Å². The van der Waals surface area contributed by atoms with E-state index in [1.165, 1.54) is 17.3 Å². The Hall–Kier alpha value is -4.21. The van der Waals surface area contributed by atoms with Crippen LogP contribution in [0.3, 0.4) is 0 Å². The van der Waals surface area contributed by atoms with Crippen molar-refractivity contribution in [2.45, 2.75) is 52.7 Å². The smallest absolute Gasteiger partial charge is 0.416 e. The van der Waals surface area contributed by atoms with Crippen molar-refractivity contribution in [2.75, 3.05) is 18.1 Å². The summed E-state index contributed by atoms with van der Waals surface area (Å²) in [4.78, 5) is 19.5. The van der Waals surface area contributed by atoms with Crippen LogP contribution >= 0.6 is 0 Å². The second-order valence-corrected chi connectivity index (χ2v) is 10.7. The number of nitrogens with zero attached hydrogens (tertiary/aromatic N) is 5. The summed E-state index contributed by atoms with van der Waals surface area (Å²) < 4.78 is 35.1. The van der Waals surface area contributed by atoms with Gasteiger partial charge in [0.05, 0.1) is 25.7 Å². The molecule has 38 heavy (non-hydrogen) atoms. The average Bonchev–Trinajstić information content (AvgIpc) is 3.50. The summed E-state index contributed by atoms with van der Waals surface area (Å²) in [7, 11) is 0. The molecule has 1 atom stereocenters. The van der Waals surface area contributed by atoms with Gasteiger partial charge in [0.25, 0.3) is 0 Å². The Kier molecular flexibility index (Phi) is 5.51. The van der Waals surface area contributed by atoms with Crippen molar-refractivity contribution < 1.29 is 23.4 Å². The molecule has 3 aromatic heterocycles. The van der Waals surface area contributed by atoms with Gasteiger partial charge in [-0.25, -0.2) is 9.18 Å². The molecule has 10 heteroatoms. The van der Waals surface area contributed by atoms with Crippen molar-refractivity contribution >= 4 is 17.6 Å². The Bertz CT molecular complexity index is 1590. The van der Waals surface area contributed by atoms with Crippen LogP contribution in [-0.4, -0.2) is 44.5 Å². The highest BCUT2D eigenvalue weighted by atomic mass is 19.1. The summed E-state index contributed by atoms with van der Waals surface area (Å²) in [5.41, 5.74) is 4.34. The molecule has 0 bridgehead atoms. The molecule has 0 saturated carbocycles. The molecule has 5 heterocycles. The van der Waals surface area contributed by atoms with Crippen molar-refractivity contribution in [1.29, 1.82) is 0 Å². The summed E-state index contributed by atoms with van der Waals surface area (Å²) in [5.74, 6) is 0.768. The number of hydrogen-bond donors (Lipinski definition) is 0. The number of fused-ring (bicyclic) bond motifs is 3. The molecule has 4 aromatic rings. The lowest BCUT2D eigenvalue weighted by Crippen LogP contribution is -2.38. The highest BCUT2D eigenvalue weighted by Gasteiger charge is 2.37. The standard InChI is InChI=1S/C28H28FN5O4/c1-15-10-30-16(2)8-18(15)19-9-23-26(34-14-31-32-25(19)34)33(27(35)38-28(3,4)5)11-20-21(29)6-7-22-24(20)17(12-36-22)13-37-23/h6-10,14,17H,11-13H2,1-5H3/t17-/m1/s1. The Morgan fingerprint density at radius 3 is 2.63 bits per heavy atom. The molecule has 0 unspecified atom stereocenters. The minimum absolute atomic E-state index is 0.0832. The minimum atomic E-state index is -0.780. The summed E-state index contributed by atoms with van der Waals surface area (Å²) >= 11 is 0. The monoisotopic (exact) mass is 517 g/mol. The van der Waals surface area contributed by atoms with Crippen LogP contribution in [0.2, 0.25) is 0 Å². The van der Waals surface area contributed by atoms with E-state index in [1.54, 1.807) is 31.2 Å². The van der Waals surface area contributed by atoms with Gasteiger partial charge >= 0.3 is 6.09 Å². The highest BCUT2D eigenvalue weighted by molar-refractivity contribution is 5.92. The number of carbonyl (C=O) groups is 1. The summed E-state index contributed by atoms with van der Waals surface area (Å²) in [5, 5.41) is 8.55. The minimum Gasteiger partial charge on any atom is -0.493 e. The quantitative estimate of drug-likeness (QED) is 0.336. The number of rotatable bonds is 1. The van der Waals surface area contributed by atoms with E-state index in [9.17, 15) is 4.79 Å². The zero-order chi connectivity index (χ0) is 26.8. The molecule has 0 aliphatic carbocycles. The van der Waals surface area contributed by atoms with Gasteiger partial charge in [-0.15, -0.1) is 10.2 Å². The van der Waals surface area contributed by atoms with Crippen LogP contribution in [-0.2, 0) is 11.3 Å². The second kappa shape index (κ2) is 8.68. The molecule has 0 spiro atoms. The van der Waals surface area contributed by atoms with Gasteiger partial charge in [-0.2, -0.15) is 0 Å². The number of ether oxygens (including phenoxy) is 3. The Morgan fingerprint density at radius 1 is 1.11 bits per heavy atom. The Labute approximate surface area is 219 Å². The fourth-order valence-corrected chi connectivity index (χ4v) is 5.09. The van der Waals surface area contributed by atoms with Gasteiger partial charge in [-0.1, -0.05) is 0 Å². The van der Waals surface area contributed by atoms with Gasteiger partial charge in [-0.3, -0.25) is 14.3 Å². The molecule has 1 aromatic carbocycles. The largest absolute Gasteiger partial charge is 0.493 e. The van der Waals surface area contributed by atoms with E-state index in [2.05, 4.69) is 15.2 Å².